The Morgan fingerprint density at radius 1 is 0.500 bits per heavy atom. The molecule has 0 radical (unpaired) electrons. The van der Waals surface area contributed by atoms with E-state index in [-0.39, 0.29) is 25.0 Å². The van der Waals surface area contributed by atoms with E-state index in [1.54, 1.807) is 0 Å². The maximum atomic E-state index is 11.7. The van der Waals surface area contributed by atoms with Gasteiger partial charge in [0, 0.05) is 6.42 Å². The summed E-state index contributed by atoms with van der Waals surface area (Å²) in [6, 6.07) is 0. The van der Waals surface area contributed by atoms with Crippen LogP contribution in [0.1, 0.15) is 77.6 Å². The molecule has 0 spiro atoms. The van der Waals surface area contributed by atoms with Gasteiger partial charge in [-0.25, -0.2) is 0 Å². The van der Waals surface area contributed by atoms with Gasteiger partial charge in [-0.15, -0.1) is 0 Å². The van der Waals surface area contributed by atoms with Crippen molar-refractivity contribution in [1.29, 1.82) is 0 Å². The molecule has 190 valence electrons. The van der Waals surface area contributed by atoms with Crippen LogP contribution in [0.3, 0.4) is 0 Å². The van der Waals surface area contributed by atoms with Gasteiger partial charge in [-0.05, 0) is 6.42 Å². The third-order valence-electron chi connectivity index (χ3n) is 4.77. The smallest absolute Gasteiger partial charge is 0.307 e. The molecular formula is C24H46O8. The lowest BCUT2D eigenvalue weighted by atomic mass is 10.1. The first kappa shape index (κ1) is 30.8. The maximum absolute atomic E-state index is 11.7. The first-order valence-electron chi connectivity index (χ1n) is 12.2. The van der Waals surface area contributed by atoms with Gasteiger partial charge in [-0.1, -0.05) is 58.3 Å². The summed E-state index contributed by atoms with van der Waals surface area (Å²) in [4.78, 5) is 22.5. The summed E-state index contributed by atoms with van der Waals surface area (Å²) < 4.78 is 31.0. The van der Waals surface area contributed by atoms with Crippen molar-refractivity contribution in [2.45, 2.75) is 77.6 Å². The van der Waals surface area contributed by atoms with Crippen molar-refractivity contribution in [3.8, 4) is 0 Å². The van der Waals surface area contributed by atoms with Gasteiger partial charge in [-0.3, -0.25) is 9.59 Å². The molecule has 0 aliphatic heterocycles. The summed E-state index contributed by atoms with van der Waals surface area (Å²) in [5, 5.41) is 0. The quantitative estimate of drug-likeness (QED) is 0.148. The van der Waals surface area contributed by atoms with Crippen molar-refractivity contribution in [1.82, 2.24) is 0 Å². The van der Waals surface area contributed by atoms with Crippen molar-refractivity contribution in [3.05, 3.63) is 0 Å². The van der Waals surface area contributed by atoms with Gasteiger partial charge in [0.15, 0.2) is 0 Å². The van der Waals surface area contributed by atoms with E-state index in [1.807, 2.05) is 0 Å². The van der Waals surface area contributed by atoms with Crippen molar-refractivity contribution >= 4 is 11.9 Å². The molecule has 0 saturated heterocycles. The highest BCUT2D eigenvalue weighted by atomic mass is 16.6. The molecule has 0 atom stereocenters. The van der Waals surface area contributed by atoms with Crippen molar-refractivity contribution in [2.24, 2.45) is 0 Å². The molecule has 0 aromatic carbocycles. The molecule has 8 heteroatoms. The number of methoxy groups -OCH3 is 1. The topological polar surface area (TPSA) is 89.5 Å². The molecular weight excluding hydrogens is 416 g/mol. The Hall–Kier alpha value is -1.22. The maximum Gasteiger partial charge on any atom is 0.307 e. The zero-order chi connectivity index (χ0) is 23.5. The Kier molecular flexibility index (Phi) is 25.0. The van der Waals surface area contributed by atoms with Gasteiger partial charge in [0.2, 0.25) is 0 Å². The van der Waals surface area contributed by atoms with Crippen LogP contribution in [-0.4, -0.2) is 78.5 Å². The number of hydrogen-bond donors (Lipinski definition) is 0. The van der Waals surface area contributed by atoms with E-state index in [4.69, 9.17) is 23.7 Å². The summed E-state index contributed by atoms with van der Waals surface area (Å²) in [5.74, 6) is -0.423. The van der Waals surface area contributed by atoms with Crippen LogP contribution in [0.4, 0.5) is 0 Å². The second-order valence-corrected chi connectivity index (χ2v) is 7.57. The average Bonchev–Trinajstić information content (AvgIpc) is 2.80. The Labute approximate surface area is 194 Å². The zero-order valence-electron chi connectivity index (χ0n) is 20.4. The largest absolute Gasteiger partial charge is 0.469 e. The molecule has 0 amide bonds. The van der Waals surface area contributed by atoms with Crippen LogP contribution in [0.2, 0.25) is 0 Å². The molecule has 0 rings (SSSR count). The minimum atomic E-state index is -0.284. The predicted octanol–water partition coefficient (Wildman–Crippen LogP) is 4.08. The van der Waals surface area contributed by atoms with Crippen LogP contribution >= 0.6 is 0 Å². The van der Waals surface area contributed by atoms with E-state index >= 15 is 0 Å². The number of rotatable bonds is 25. The summed E-state index contributed by atoms with van der Waals surface area (Å²) in [7, 11) is 1.35. The van der Waals surface area contributed by atoms with Gasteiger partial charge in [0.25, 0.3) is 0 Å². The number of unbranched alkanes of at least 4 members (excludes halogenated alkanes) is 8. The summed E-state index contributed by atoms with van der Waals surface area (Å²) in [6.45, 7) is 5.97. The Morgan fingerprint density at radius 2 is 0.938 bits per heavy atom. The van der Waals surface area contributed by atoms with Crippen LogP contribution < -0.4 is 0 Å². The number of carbonyl (C=O) groups excluding carboxylic acids is 2. The van der Waals surface area contributed by atoms with E-state index in [0.29, 0.717) is 59.3 Å². The van der Waals surface area contributed by atoms with Gasteiger partial charge < -0.3 is 28.4 Å². The van der Waals surface area contributed by atoms with Gasteiger partial charge >= 0.3 is 11.9 Å². The first-order chi connectivity index (χ1) is 15.7. The van der Waals surface area contributed by atoms with E-state index in [2.05, 4.69) is 11.7 Å². The summed E-state index contributed by atoms with van der Waals surface area (Å²) in [6.07, 6.45) is 11.9. The molecule has 0 aromatic heterocycles. The molecule has 32 heavy (non-hydrogen) atoms. The highest BCUT2D eigenvalue weighted by molar-refractivity contribution is 5.69. The SMILES string of the molecule is CCCCCCCCCCCC(=O)OCCOCCOCCOCCOCCC(=O)OC. The van der Waals surface area contributed by atoms with Crippen LogP contribution in [0.15, 0.2) is 0 Å². The van der Waals surface area contributed by atoms with E-state index in [9.17, 15) is 9.59 Å². The second kappa shape index (κ2) is 26.0. The lowest BCUT2D eigenvalue weighted by Crippen LogP contribution is -2.14. The fourth-order valence-electron chi connectivity index (χ4n) is 2.89. The molecule has 8 nitrogen and oxygen atoms in total. The fraction of sp³-hybridized carbons (Fsp3) is 0.917. The van der Waals surface area contributed by atoms with Crippen molar-refractivity contribution in [3.63, 3.8) is 0 Å². The molecule has 0 N–H and O–H groups in total. The Bertz CT molecular complexity index is 417. The van der Waals surface area contributed by atoms with Crippen LogP contribution in [0.5, 0.6) is 0 Å². The Balaban J connectivity index is 3.16. The standard InChI is InChI=1S/C24H46O8/c1-3-4-5-6-7-8-9-10-11-12-24(26)32-22-21-31-20-19-30-18-17-29-16-15-28-14-13-23(25)27-2/h3-22H2,1-2H3. The van der Waals surface area contributed by atoms with E-state index < -0.39 is 0 Å². The zero-order valence-corrected chi connectivity index (χ0v) is 20.4. The highest BCUT2D eigenvalue weighted by Gasteiger charge is 2.03. The van der Waals surface area contributed by atoms with Gasteiger partial charge in [-0.2, -0.15) is 0 Å². The van der Waals surface area contributed by atoms with Crippen molar-refractivity contribution < 1.29 is 38.0 Å². The minimum absolute atomic E-state index is 0.140. The van der Waals surface area contributed by atoms with Crippen LogP contribution in [-0.2, 0) is 38.0 Å². The molecule has 0 aliphatic rings. The monoisotopic (exact) mass is 462 g/mol. The molecule has 0 heterocycles. The lowest BCUT2D eigenvalue weighted by Gasteiger charge is -2.08. The van der Waals surface area contributed by atoms with E-state index in [0.717, 1.165) is 12.8 Å². The van der Waals surface area contributed by atoms with Gasteiger partial charge in [0.1, 0.15) is 6.61 Å². The highest BCUT2D eigenvalue weighted by Crippen LogP contribution is 2.10. The fourth-order valence-corrected chi connectivity index (χ4v) is 2.89. The van der Waals surface area contributed by atoms with Gasteiger partial charge in [0.05, 0.1) is 66.4 Å². The predicted molar refractivity (Wildman–Crippen MR) is 123 cm³/mol. The number of ether oxygens (including phenoxy) is 6. The van der Waals surface area contributed by atoms with Crippen molar-refractivity contribution in [2.75, 3.05) is 66.6 Å². The molecule has 0 aliphatic carbocycles. The lowest BCUT2D eigenvalue weighted by molar-refractivity contribution is -0.145. The second-order valence-electron chi connectivity index (χ2n) is 7.57. The molecule has 0 unspecified atom stereocenters. The summed E-state index contributed by atoms with van der Waals surface area (Å²) in [5.41, 5.74) is 0. The molecule has 0 bridgehead atoms. The first-order valence-corrected chi connectivity index (χ1v) is 12.2. The minimum Gasteiger partial charge on any atom is -0.469 e. The normalized spacial score (nSPS) is 10.9. The number of hydrogen-bond acceptors (Lipinski definition) is 8. The molecule has 0 saturated carbocycles. The number of carbonyl (C=O) groups is 2. The third-order valence-corrected chi connectivity index (χ3v) is 4.77. The van der Waals surface area contributed by atoms with Crippen LogP contribution in [0, 0.1) is 0 Å². The number of esters is 2. The van der Waals surface area contributed by atoms with E-state index in [1.165, 1.54) is 52.1 Å². The summed E-state index contributed by atoms with van der Waals surface area (Å²) >= 11 is 0. The third kappa shape index (κ3) is 25.0. The Morgan fingerprint density at radius 3 is 1.44 bits per heavy atom. The van der Waals surface area contributed by atoms with Crippen LogP contribution in [0.25, 0.3) is 0 Å². The molecule has 0 fully saturated rings. The average molecular weight is 463 g/mol. The molecule has 0 aromatic rings.